The van der Waals surface area contributed by atoms with Crippen molar-refractivity contribution in [3.05, 3.63) is 0 Å². The molecule has 0 aliphatic rings. The Hall–Kier alpha value is 0.350. The van der Waals surface area contributed by atoms with Crippen LogP contribution in [-0.4, -0.2) is 57.8 Å². The molecule has 128 valence electrons. The SMILES string of the molecule is CCCCCCCCCCCCC(N)(C(=O)O)N(N)CC.[NaH]. The molecule has 1 unspecified atom stereocenters. The summed E-state index contributed by atoms with van der Waals surface area (Å²) in [6.45, 7) is 4.47. The van der Waals surface area contributed by atoms with Crippen molar-refractivity contribution in [3.8, 4) is 0 Å². The molecule has 0 bridgehead atoms. The zero-order chi connectivity index (χ0) is 16.1. The third kappa shape index (κ3) is 10.2. The molecule has 5 N–H and O–H groups in total. The van der Waals surface area contributed by atoms with Crippen LogP contribution in [0.1, 0.15) is 84.5 Å². The second-order valence-corrected chi connectivity index (χ2v) is 5.95. The molecule has 0 fully saturated rings. The van der Waals surface area contributed by atoms with Gasteiger partial charge >= 0.3 is 35.5 Å². The van der Waals surface area contributed by atoms with Crippen molar-refractivity contribution >= 4 is 35.5 Å². The van der Waals surface area contributed by atoms with Crippen molar-refractivity contribution in [1.82, 2.24) is 5.01 Å². The van der Waals surface area contributed by atoms with Gasteiger partial charge in [0.25, 0.3) is 0 Å². The summed E-state index contributed by atoms with van der Waals surface area (Å²) >= 11 is 0. The van der Waals surface area contributed by atoms with E-state index in [2.05, 4.69) is 6.92 Å². The molecular formula is C16H36N3NaO2. The van der Waals surface area contributed by atoms with Crippen LogP contribution in [0.3, 0.4) is 0 Å². The first-order valence-electron chi connectivity index (χ1n) is 8.53. The standard InChI is InChI=1S/C16H35N3O2.Na.H/c1-3-5-6-7-8-9-10-11-12-13-14-16(17,15(20)21)19(18)4-2;;/h3-14,17-18H2,1-2H3,(H,20,21);;. The second kappa shape index (κ2) is 14.9. The van der Waals surface area contributed by atoms with Crippen molar-refractivity contribution in [2.45, 2.75) is 90.1 Å². The fourth-order valence-electron chi connectivity index (χ4n) is 2.54. The van der Waals surface area contributed by atoms with Crippen LogP contribution < -0.4 is 11.6 Å². The maximum atomic E-state index is 11.3. The number of aliphatic carboxylic acids is 1. The number of hydrazine groups is 1. The Kier molecular flexibility index (Phi) is 16.7. The number of carbonyl (C=O) groups is 1. The van der Waals surface area contributed by atoms with Gasteiger partial charge in [-0.1, -0.05) is 71.6 Å². The first-order chi connectivity index (χ1) is 9.99. The zero-order valence-electron chi connectivity index (χ0n) is 13.9. The Balaban J connectivity index is 0. The van der Waals surface area contributed by atoms with Crippen molar-refractivity contribution in [2.75, 3.05) is 6.54 Å². The fraction of sp³-hybridized carbons (Fsp3) is 0.938. The van der Waals surface area contributed by atoms with Gasteiger partial charge in [0.15, 0.2) is 5.66 Å². The summed E-state index contributed by atoms with van der Waals surface area (Å²) in [6, 6.07) is 0. The number of hydrogen-bond donors (Lipinski definition) is 3. The predicted molar refractivity (Wildman–Crippen MR) is 94.7 cm³/mol. The summed E-state index contributed by atoms with van der Waals surface area (Å²) in [6.07, 6.45) is 12.6. The number of carboxylic acid groups (broad SMARTS) is 1. The average molecular weight is 325 g/mol. The minimum atomic E-state index is -1.42. The van der Waals surface area contributed by atoms with E-state index in [0.29, 0.717) is 13.0 Å². The molecular weight excluding hydrogens is 289 g/mol. The number of likely N-dealkylation sites (N-methyl/N-ethyl adjacent to an activating group) is 1. The Labute approximate surface area is 158 Å². The molecule has 0 aliphatic carbocycles. The van der Waals surface area contributed by atoms with Gasteiger partial charge in [0, 0.05) is 6.54 Å². The molecule has 0 spiro atoms. The summed E-state index contributed by atoms with van der Waals surface area (Å²) in [7, 11) is 0. The Morgan fingerprint density at radius 3 is 1.73 bits per heavy atom. The molecule has 0 heterocycles. The third-order valence-corrected chi connectivity index (χ3v) is 4.14. The molecule has 0 aromatic rings. The zero-order valence-corrected chi connectivity index (χ0v) is 13.9. The number of unbranched alkanes of at least 4 members (excludes halogenated alkanes) is 9. The van der Waals surface area contributed by atoms with E-state index in [4.69, 9.17) is 11.6 Å². The minimum absolute atomic E-state index is 0. The molecule has 0 aromatic carbocycles. The summed E-state index contributed by atoms with van der Waals surface area (Å²) in [5.41, 5.74) is 4.48. The number of carboxylic acids is 1. The first-order valence-corrected chi connectivity index (χ1v) is 8.53. The van der Waals surface area contributed by atoms with Gasteiger partial charge in [-0.15, -0.1) is 0 Å². The van der Waals surface area contributed by atoms with Crippen LogP contribution >= 0.6 is 0 Å². The van der Waals surface area contributed by atoms with Crippen LogP contribution in [-0.2, 0) is 4.79 Å². The number of nitrogens with two attached hydrogens (primary N) is 2. The van der Waals surface area contributed by atoms with E-state index in [1.54, 1.807) is 0 Å². The van der Waals surface area contributed by atoms with Crippen LogP contribution in [0.2, 0.25) is 0 Å². The molecule has 0 aliphatic heterocycles. The van der Waals surface area contributed by atoms with E-state index in [0.717, 1.165) is 19.3 Å². The maximum absolute atomic E-state index is 11.3. The quantitative estimate of drug-likeness (QED) is 0.150. The van der Waals surface area contributed by atoms with Crippen molar-refractivity contribution < 1.29 is 9.90 Å². The van der Waals surface area contributed by atoms with Gasteiger partial charge < -0.3 is 10.8 Å². The van der Waals surface area contributed by atoms with E-state index >= 15 is 0 Å². The Morgan fingerprint density at radius 2 is 1.36 bits per heavy atom. The number of hydrogen-bond acceptors (Lipinski definition) is 4. The van der Waals surface area contributed by atoms with E-state index in [1.165, 1.54) is 50.0 Å². The summed E-state index contributed by atoms with van der Waals surface area (Å²) < 4.78 is 0. The topological polar surface area (TPSA) is 92.6 Å². The van der Waals surface area contributed by atoms with Crippen LogP contribution in [0, 0.1) is 0 Å². The molecule has 0 radical (unpaired) electrons. The number of rotatable bonds is 14. The van der Waals surface area contributed by atoms with Gasteiger partial charge in [0.05, 0.1) is 0 Å². The molecule has 0 aromatic heterocycles. The number of nitrogens with zero attached hydrogens (tertiary/aromatic N) is 1. The van der Waals surface area contributed by atoms with E-state index in [9.17, 15) is 9.90 Å². The molecule has 0 rings (SSSR count). The van der Waals surface area contributed by atoms with Gasteiger partial charge in [0.2, 0.25) is 0 Å². The van der Waals surface area contributed by atoms with Crippen LogP contribution in [0.5, 0.6) is 0 Å². The summed E-state index contributed by atoms with van der Waals surface area (Å²) in [5.74, 6) is 4.66. The molecule has 0 saturated heterocycles. The van der Waals surface area contributed by atoms with Gasteiger partial charge in [0.1, 0.15) is 0 Å². The predicted octanol–water partition coefficient (Wildman–Crippen LogP) is 2.58. The van der Waals surface area contributed by atoms with Gasteiger partial charge in [-0.25, -0.2) is 9.80 Å². The van der Waals surface area contributed by atoms with E-state index < -0.39 is 11.6 Å². The molecule has 0 saturated carbocycles. The molecule has 1 atom stereocenters. The second-order valence-electron chi connectivity index (χ2n) is 5.95. The normalized spacial score (nSPS) is 13.7. The Morgan fingerprint density at radius 1 is 0.955 bits per heavy atom. The van der Waals surface area contributed by atoms with Crippen LogP contribution in [0.15, 0.2) is 0 Å². The Bertz CT molecular complexity index is 280. The molecule has 5 nitrogen and oxygen atoms in total. The van der Waals surface area contributed by atoms with E-state index in [-0.39, 0.29) is 29.6 Å². The molecule has 6 heteroatoms. The van der Waals surface area contributed by atoms with E-state index in [1.807, 2.05) is 6.92 Å². The fourth-order valence-corrected chi connectivity index (χ4v) is 2.54. The summed E-state index contributed by atoms with van der Waals surface area (Å²) in [4.78, 5) is 11.3. The molecule has 22 heavy (non-hydrogen) atoms. The van der Waals surface area contributed by atoms with Crippen LogP contribution in [0.25, 0.3) is 0 Å². The van der Waals surface area contributed by atoms with Gasteiger partial charge in [-0.3, -0.25) is 5.84 Å². The van der Waals surface area contributed by atoms with Crippen molar-refractivity contribution in [3.63, 3.8) is 0 Å². The van der Waals surface area contributed by atoms with Crippen molar-refractivity contribution in [1.29, 1.82) is 0 Å². The monoisotopic (exact) mass is 325 g/mol. The van der Waals surface area contributed by atoms with Crippen molar-refractivity contribution in [2.24, 2.45) is 11.6 Å². The van der Waals surface area contributed by atoms with Gasteiger partial charge in [-0.05, 0) is 12.8 Å². The first kappa shape index (κ1) is 24.6. The molecule has 0 amide bonds. The van der Waals surface area contributed by atoms with Gasteiger partial charge in [-0.2, -0.15) is 0 Å². The van der Waals surface area contributed by atoms with Crippen LogP contribution in [0.4, 0.5) is 0 Å². The summed E-state index contributed by atoms with van der Waals surface area (Å²) in [5, 5.41) is 10.5. The average Bonchev–Trinajstić information content (AvgIpc) is 2.47. The third-order valence-electron chi connectivity index (χ3n) is 4.14.